The highest BCUT2D eigenvalue weighted by Crippen LogP contribution is 2.14. The molecule has 1 aliphatic rings. The van der Waals surface area contributed by atoms with E-state index < -0.39 is 12.3 Å². The molecular formula is C4H2F2. The fraction of sp³-hybridized carbons (Fsp3) is 0.500. The van der Waals surface area contributed by atoms with E-state index in [0.29, 0.717) is 0 Å². The lowest BCUT2D eigenvalue weighted by Gasteiger charge is -1.84. The summed E-state index contributed by atoms with van der Waals surface area (Å²) < 4.78 is 22.2. The Hall–Kier alpha value is -0.580. The zero-order chi connectivity index (χ0) is 4.57. The number of hydrogen-bond donors (Lipinski definition) is 0. The summed E-state index contributed by atoms with van der Waals surface area (Å²) in [6, 6.07) is 0. The lowest BCUT2D eigenvalue weighted by molar-refractivity contribution is 0.135. The topological polar surface area (TPSA) is 0 Å². The van der Waals surface area contributed by atoms with Crippen LogP contribution in [0.1, 0.15) is 0 Å². The molecule has 0 saturated heterocycles. The Kier molecular flexibility index (Phi) is 0.564. The van der Waals surface area contributed by atoms with Crippen molar-refractivity contribution in [2.45, 2.75) is 6.43 Å². The lowest BCUT2D eigenvalue weighted by Crippen LogP contribution is -1.93. The summed E-state index contributed by atoms with van der Waals surface area (Å²) >= 11 is 0. The Bertz CT molecular complexity index is 98.5. The van der Waals surface area contributed by atoms with Gasteiger partial charge in [-0.15, -0.1) is 0 Å². The molecule has 0 aliphatic heterocycles. The number of hydrogen-bond acceptors (Lipinski definition) is 0. The van der Waals surface area contributed by atoms with Crippen LogP contribution in [0.4, 0.5) is 8.78 Å². The highest BCUT2D eigenvalue weighted by atomic mass is 19.3. The molecule has 1 aliphatic carbocycles. The maximum Gasteiger partial charge on any atom is 0.263 e. The molecule has 0 amide bonds. The zero-order valence-corrected chi connectivity index (χ0v) is 2.91. The van der Waals surface area contributed by atoms with Crippen LogP contribution < -0.4 is 0 Å². The molecule has 0 unspecified atom stereocenters. The summed E-state index contributed by atoms with van der Waals surface area (Å²) in [5.41, 5.74) is 0. The first-order valence-electron chi connectivity index (χ1n) is 1.60. The normalized spacial score (nSPS) is 17.2. The van der Waals surface area contributed by atoms with E-state index in [-0.39, 0.29) is 0 Å². The summed E-state index contributed by atoms with van der Waals surface area (Å²) in [7, 11) is 0. The second-order valence-corrected chi connectivity index (χ2v) is 1.10. The maximum absolute atomic E-state index is 11.1. The average Bonchev–Trinajstić information content (AvgIpc) is 2.06. The Morgan fingerprint density at radius 1 is 1.33 bits per heavy atom. The highest BCUT2D eigenvalue weighted by Gasteiger charge is 2.21. The highest BCUT2D eigenvalue weighted by molar-refractivity contribution is 5.30. The lowest BCUT2D eigenvalue weighted by atomic mass is 10.4. The van der Waals surface area contributed by atoms with Gasteiger partial charge in [0, 0.05) is 0 Å². The third-order valence-corrected chi connectivity index (χ3v) is 0.563. The van der Waals surface area contributed by atoms with Gasteiger partial charge in [-0.25, -0.2) is 8.78 Å². The predicted molar refractivity (Wildman–Crippen MR) is 17.3 cm³/mol. The minimum atomic E-state index is -2.26. The van der Waals surface area contributed by atoms with Crippen molar-refractivity contribution in [2.75, 3.05) is 0 Å². The van der Waals surface area contributed by atoms with E-state index in [1.807, 2.05) is 0 Å². The fourth-order valence-corrected chi connectivity index (χ4v) is 0.174. The molecule has 0 radical (unpaired) electrons. The number of alkyl halides is 2. The van der Waals surface area contributed by atoms with Crippen LogP contribution in [0.3, 0.4) is 0 Å². The van der Waals surface area contributed by atoms with Gasteiger partial charge in [0.25, 0.3) is 6.43 Å². The van der Waals surface area contributed by atoms with E-state index in [9.17, 15) is 8.78 Å². The summed E-state index contributed by atoms with van der Waals surface area (Å²) in [4.78, 5) is 0. The molecule has 0 nitrogen and oxygen atoms in total. The third kappa shape index (κ3) is 0.486. The average molecular weight is 88.1 g/mol. The summed E-state index contributed by atoms with van der Waals surface area (Å²) in [6.45, 7) is 0. The van der Waals surface area contributed by atoms with Crippen molar-refractivity contribution in [1.82, 2.24) is 0 Å². The van der Waals surface area contributed by atoms with Gasteiger partial charge in [0.2, 0.25) is 0 Å². The van der Waals surface area contributed by atoms with Gasteiger partial charge < -0.3 is 0 Å². The molecular weight excluding hydrogens is 86.0 g/mol. The van der Waals surface area contributed by atoms with Crippen molar-refractivity contribution in [3.8, 4) is 11.8 Å². The fourth-order valence-electron chi connectivity index (χ4n) is 0.174. The van der Waals surface area contributed by atoms with Crippen LogP contribution in [0.5, 0.6) is 0 Å². The van der Waals surface area contributed by atoms with E-state index in [1.165, 1.54) is 0 Å². The van der Waals surface area contributed by atoms with Crippen LogP contribution in [0.15, 0.2) is 0 Å². The molecule has 0 aromatic rings. The molecule has 0 bridgehead atoms. The van der Waals surface area contributed by atoms with Gasteiger partial charge in [0.05, 0.1) is 0 Å². The van der Waals surface area contributed by atoms with Crippen LogP contribution in [-0.2, 0) is 0 Å². The van der Waals surface area contributed by atoms with E-state index in [4.69, 9.17) is 0 Å². The SMILES string of the molecule is FC(F)C1C#C1. The summed E-state index contributed by atoms with van der Waals surface area (Å²) in [5, 5.41) is 0. The smallest absolute Gasteiger partial charge is 0.208 e. The van der Waals surface area contributed by atoms with Crippen molar-refractivity contribution in [1.29, 1.82) is 0 Å². The van der Waals surface area contributed by atoms with E-state index in [1.54, 1.807) is 0 Å². The molecule has 1 rings (SSSR count). The molecule has 6 heavy (non-hydrogen) atoms. The van der Waals surface area contributed by atoms with Crippen LogP contribution in [-0.4, -0.2) is 6.43 Å². The first kappa shape index (κ1) is 3.60. The van der Waals surface area contributed by atoms with Gasteiger partial charge in [0.15, 0.2) is 0 Å². The van der Waals surface area contributed by atoms with Gasteiger partial charge in [-0.3, -0.25) is 0 Å². The number of halogens is 2. The number of rotatable bonds is 1. The minimum absolute atomic E-state index is 0.731. The van der Waals surface area contributed by atoms with Crippen LogP contribution in [0, 0.1) is 17.8 Å². The quantitative estimate of drug-likeness (QED) is 0.417. The van der Waals surface area contributed by atoms with Crippen molar-refractivity contribution >= 4 is 0 Å². The minimum Gasteiger partial charge on any atom is -0.208 e. The molecule has 0 heterocycles. The van der Waals surface area contributed by atoms with E-state index in [2.05, 4.69) is 11.8 Å². The largest absolute Gasteiger partial charge is 0.263 e. The molecule has 0 spiro atoms. The third-order valence-electron chi connectivity index (χ3n) is 0.563. The van der Waals surface area contributed by atoms with Gasteiger partial charge in [0.1, 0.15) is 5.92 Å². The second-order valence-electron chi connectivity index (χ2n) is 1.10. The molecule has 0 aromatic heterocycles. The van der Waals surface area contributed by atoms with Crippen molar-refractivity contribution in [2.24, 2.45) is 5.92 Å². The molecule has 2 heteroatoms. The zero-order valence-electron chi connectivity index (χ0n) is 2.91. The molecule has 32 valence electrons. The molecule has 0 atom stereocenters. The maximum atomic E-state index is 11.1. The van der Waals surface area contributed by atoms with Crippen molar-refractivity contribution in [3.05, 3.63) is 0 Å². The summed E-state index contributed by atoms with van der Waals surface area (Å²) in [6.07, 6.45) is -2.26. The Labute approximate surface area is 34.2 Å². The van der Waals surface area contributed by atoms with Gasteiger partial charge in [-0.2, -0.15) is 0 Å². The first-order valence-corrected chi connectivity index (χ1v) is 1.60. The molecule has 0 N–H and O–H groups in total. The second kappa shape index (κ2) is 0.939. The van der Waals surface area contributed by atoms with E-state index in [0.717, 1.165) is 0 Å². The molecule has 0 saturated carbocycles. The van der Waals surface area contributed by atoms with Crippen LogP contribution in [0.25, 0.3) is 0 Å². The Balaban J connectivity index is 2.18. The van der Waals surface area contributed by atoms with Crippen molar-refractivity contribution < 1.29 is 8.78 Å². The standard InChI is InChI=1S/C4H2F2/c5-4(6)3-1-2-3/h3-4H. The van der Waals surface area contributed by atoms with Gasteiger partial charge in [-0.1, -0.05) is 11.8 Å². The van der Waals surface area contributed by atoms with Gasteiger partial charge in [-0.05, 0) is 0 Å². The predicted octanol–water partition coefficient (Wildman–Crippen LogP) is 0.885. The van der Waals surface area contributed by atoms with Crippen molar-refractivity contribution in [3.63, 3.8) is 0 Å². The Morgan fingerprint density at radius 2 is 1.83 bits per heavy atom. The first-order chi connectivity index (χ1) is 2.80. The van der Waals surface area contributed by atoms with Gasteiger partial charge >= 0.3 is 0 Å². The van der Waals surface area contributed by atoms with E-state index >= 15 is 0 Å². The molecule has 0 aromatic carbocycles. The Morgan fingerprint density at radius 3 is 1.83 bits per heavy atom. The monoisotopic (exact) mass is 88.0 g/mol. The summed E-state index contributed by atoms with van der Waals surface area (Å²) in [5.74, 6) is 3.74. The molecule has 0 fully saturated rings. The van der Waals surface area contributed by atoms with Crippen LogP contribution in [0.2, 0.25) is 0 Å². The van der Waals surface area contributed by atoms with Crippen LogP contribution >= 0.6 is 0 Å².